The summed E-state index contributed by atoms with van der Waals surface area (Å²) in [5, 5.41) is 0. The van der Waals surface area contributed by atoms with Crippen molar-refractivity contribution in [3.8, 4) is 0 Å². The molecule has 0 heterocycles. The predicted octanol–water partition coefficient (Wildman–Crippen LogP) is 8.97. The summed E-state index contributed by atoms with van der Waals surface area (Å²) in [6.45, 7) is 13.4. The molecule has 2 aromatic rings. The van der Waals surface area contributed by atoms with E-state index in [1.165, 1.54) is 64.7 Å². The van der Waals surface area contributed by atoms with Crippen LogP contribution in [-0.2, 0) is 6.42 Å². The molecule has 2 unspecified atom stereocenters. The van der Waals surface area contributed by atoms with Gasteiger partial charge in [0.05, 0.1) is 0 Å². The molecule has 0 saturated heterocycles. The molecule has 31 heavy (non-hydrogen) atoms. The Morgan fingerprint density at radius 3 is 2.35 bits per heavy atom. The molecule has 0 heteroatoms. The average Bonchev–Trinajstić information content (AvgIpc) is 3.20. The normalized spacial score (nSPS) is 21.2. The maximum atomic E-state index is 4.26. The Balaban J connectivity index is 1.63. The third-order valence-electron chi connectivity index (χ3n) is 7.39. The van der Waals surface area contributed by atoms with Crippen LogP contribution in [0.5, 0.6) is 0 Å². The molecule has 2 atom stereocenters. The lowest BCUT2D eigenvalue weighted by Gasteiger charge is -2.30. The van der Waals surface area contributed by atoms with Gasteiger partial charge in [-0.15, -0.1) is 0 Å². The van der Waals surface area contributed by atoms with Crippen molar-refractivity contribution in [1.29, 1.82) is 0 Å². The van der Waals surface area contributed by atoms with Gasteiger partial charge in [0.25, 0.3) is 0 Å². The van der Waals surface area contributed by atoms with Crippen LogP contribution in [0.2, 0.25) is 0 Å². The van der Waals surface area contributed by atoms with Crippen molar-refractivity contribution in [2.45, 2.75) is 72.1 Å². The minimum absolute atomic E-state index is 0.485. The highest BCUT2D eigenvalue weighted by molar-refractivity contribution is 5.73. The second kappa shape index (κ2) is 9.43. The first-order valence-electron chi connectivity index (χ1n) is 12.2. The summed E-state index contributed by atoms with van der Waals surface area (Å²) in [5.74, 6) is 1.98. The number of benzene rings is 2. The van der Waals surface area contributed by atoms with E-state index in [9.17, 15) is 0 Å². The van der Waals surface area contributed by atoms with Crippen LogP contribution in [0.15, 0.2) is 66.8 Å². The van der Waals surface area contributed by atoms with E-state index in [1.54, 1.807) is 5.56 Å². The predicted molar refractivity (Wildman–Crippen MR) is 136 cm³/mol. The van der Waals surface area contributed by atoms with E-state index in [0.29, 0.717) is 11.8 Å². The van der Waals surface area contributed by atoms with Crippen molar-refractivity contribution >= 4 is 11.1 Å². The van der Waals surface area contributed by atoms with E-state index in [0.717, 1.165) is 18.8 Å². The summed E-state index contributed by atoms with van der Waals surface area (Å²) in [7, 11) is 0. The molecular weight excluding hydrogens is 372 g/mol. The van der Waals surface area contributed by atoms with Crippen LogP contribution >= 0.6 is 0 Å². The Bertz CT molecular complexity index is 997. The first kappa shape index (κ1) is 21.9. The van der Waals surface area contributed by atoms with Crippen molar-refractivity contribution in [1.82, 2.24) is 0 Å². The topological polar surface area (TPSA) is 0 Å². The van der Waals surface area contributed by atoms with E-state index in [4.69, 9.17) is 0 Å². The summed E-state index contributed by atoms with van der Waals surface area (Å²) < 4.78 is 0. The highest BCUT2D eigenvalue weighted by Crippen LogP contribution is 2.40. The van der Waals surface area contributed by atoms with E-state index in [-0.39, 0.29) is 0 Å². The van der Waals surface area contributed by atoms with Gasteiger partial charge in [-0.05, 0) is 82.9 Å². The summed E-state index contributed by atoms with van der Waals surface area (Å²) in [5.41, 5.74) is 11.3. The highest BCUT2D eigenvalue weighted by Gasteiger charge is 2.24. The van der Waals surface area contributed by atoms with E-state index in [2.05, 4.69) is 88.9 Å². The van der Waals surface area contributed by atoms with Crippen molar-refractivity contribution in [2.24, 2.45) is 11.8 Å². The van der Waals surface area contributed by atoms with Gasteiger partial charge < -0.3 is 0 Å². The lowest BCUT2D eigenvalue weighted by molar-refractivity contribution is 0.330. The van der Waals surface area contributed by atoms with Gasteiger partial charge in [0, 0.05) is 0 Å². The van der Waals surface area contributed by atoms with Crippen molar-refractivity contribution in [3.05, 3.63) is 94.6 Å². The molecule has 162 valence electrons. The van der Waals surface area contributed by atoms with Crippen molar-refractivity contribution in [3.63, 3.8) is 0 Å². The van der Waals surface area contributed by atoms with Crippen LogP contribution in [0.1, 0.15) is 93.5 Å². The zero-order valence-electron chi connectivity index (χ0n) is 19.9. The Labute approximate surface area is 189 Å². The molecule has 2 aromatic carbocycles. The fraction of sp³-hybridized carbons (Fsp3) is 0.419. The third kappa shape index (κ3) is 5.12. The Hall–Kier alpha value is -2.34. The zero-order chi connectivity index (χ0) is 22.0. The maximum Gasteiger partial charge on any atom is -0.00254 e. The van der Waals surface area contributed by atoms with Crippen LogP contribution in [0, 0.1) is 11.8 Å². The SMILES string of the molecule is C=C(c1ccc(Cc2cc(C3=CC=C(C)C3)cc(C3CCCCC3C)c2)cc1)C(C)C. The van der Waals surface area contributed by atoms with Gasteiger partial charge in [0.15, 0.2) is 0 Å². The Morgan fingerprint density at radius 2 is 1.71 bits per heavy atom. The first-order valence-corrected chi connectivity index (χ1v) is 12.2. The largest absolute Gasteiger partial charge is 0.0950 e. The number of hydrogen-bond acceptors (Lipinski definition) is 0. The summed E-state index contributed by atoms with van der Waals surface area (Å²) in [6.07, 6.45) is 12.2. The lowest BCUT2D eigenvalue weighted by atomic mass is 9.75. The Morgan fingerprint density at radius 1 is 0.968 bits per heavy atom. The molecule has 2 aliphatic carbocycles. The molecule has 0 spiro atoms. The molecular formula is C31H38. The summed E-state index contributed by atoms with van der Waals surface area (Å²) in [4.78, 5) is 0. The second-order valence-corrected chi connectivity index (χ2v) is 10.3. The first-order chi connectivity index (χ1) is 14.9. The highest BCUT2D eigenvalue weighted by atomic mass is 14.3. The van der Waals surface area contributed by atoms with E-state index < -0.39 is 0 Å². The van der Waals surface area contributed by atoms with Crippen molar-refractivity contribution in [2.75, 3.05) is 0 Å². The minimum atomic E-state index is 0.485. The fourth-order valence-electron chi connectivity index (χ4n) is 5.30. The number of rotatable bonds is 6. The van der Waals surface area contributed by atoms with E-state index >= 15 is 0 Å². The molecule has 4 rings (SSSR count). The van der Waals surface area contributed by atoms with Crippen LogP contribution in [0.25, 0.3) is 11.1 Å². The quantitative estimate of drug-likeness (QED) is 0.446. The van der Waals surface area contributed by atoms with Gasteiger partial charge in [0.1, 0.15) is 0 Å². The fourth-order valence-corrected chi connectivity index (χ4v) is 5.30. The lowest BCUT2D eigenvalue weighted by Crippen LogP contribution is -2.15. The van der Waals surface area contributed by atoms with Crippen molar-refractivity contribution < 1.29 is 0 Å². The molecule has 1 saturated carbocycles. The van der Waals surface area contributed by atoms with Gasteiger partial charge in [-0.1, -0.05) is 107 Å². The van der Waals surface area contributed by atoms with Gasteiger partial charge in [0.2, 0.25) is 0 Å². The van der Waals surface area contributed by atoms with Crippen LogP contribution in [0.4, 0.5) is 0 Å². The molecule has 0 amide bonds. The molecule has 0 bridgehead atoms. The van der Waals surface area contributed by atoms with E-state index in [1.807, 2.05) is 0 Å². The molecule has 0 radical (unpaired) electrons. The average molecular weight is 411 g/mol. The molecule has 0 aromatic heterocycles. The minimum Gasteiger partial charge on any atom is -0.0950 e. The third-order valence-corrected chi connectivity index (χ3v) is 7.39. The molecule has 1 fully saturated rings. The van der Waals surface area contributed by atoms with Crippen LogP contribution < -0.4 is 0 Å². The van der Waals surface area contributed by atoms with Crippen LogP contribution in [0.3, 0.4) is 0 Å². The second-order valence-electron chi connectivity index (χ2n) is 10.3. The number of hydrogen-bond donors (Lipinski definition) is 0. The van der Waals surface area contributed by atoms with Crippen LogP contribution in [-0.4, -0.2) is 0 Å². The molecule has 2 aliphatic rings. The monoisotopic (exact) mass is 410 g/mol. The standard InChI is InChI=1S/C31H38/c1-21(2)24(5)27-14-11-25(12-15-27)17-26-18-29(28-13-10-22(3)16-28)20-30(19-26)31-9-7-6-8-23(31)4/h10-15,18-21,23,31H,5-9,16-17H2,1-4H3. The smallest absolute Gasteiger partial charge is 0.00254 e. The molecule has 0 N–H and O–H groups in total. The van der Waals surface area contributed by atoms with Gasteiger partial charge >= 0.3 is 0 Å². The van der Waals surface area contributed by atoms with Gasteiger partial charge in [-0.2, -0.15) is 0 Å². The Kier molecular flexibility index (Phi) is 6.65. The molecule has 0 aliphatic heterocycles. The molecule has 0 nitrogen and oxygen atoms in total. The summed E-state index contributed by atoms with van der Waals surface area (Å²) >= 11 is 0. The summed E-state index contributed by atoms with van der Waals surface area (Å²) in [6, 6.07) is 16.5. The van der Waals surface area contributed by atoms with Gasteiger partial charge in [-0.25, -0.2) is 0 Å². The number of allylic oxidation sites excluding steroid dienone is 5. The maximum absolute atomic E-state index is 4.26. The van der Waals surface area contributed by atoms with Gasteiger partial charge in [-0.3, -0.25) is 0 Å². The zero-order valence-corrected chi connectivity index (χ0v) is 19.9.